The van der Waals surface area contributed by atoms with Crippen LogP contribution >= 0.6 is 11.3 Å². The van der Waals surface area contributed by atoms with E-state index in [-0.39, 0.29) is 11.8 Å². The van der Waals surface area contributed by atoms with E-state index in [0.29, 0.717) is 16.6 Å². The molecule has 0 bridgehead atoms. The van der Waals surface area contributed by atoms with Gasteiger partial charge in [-0.15, -0.1) is 11.3 Å². The summed E-state index contributed by atoms with van der Waals surface area (Å²) in [6.07, 6.45) is 2.73. The molecule has 0 saturated carbocycles. The third kappa shape index (κ3) is 4.05. The van der Waals surface area contributed by atoms with E-state index in [0.717, 1.165) is 16.8 Å². The van der Waals surface area contributed by atoms with E-state index in [9.17, 15) is 9.59 Å². The van der Waals surface area contributed by atoms with Gasteiger partial charge in [-0.3, -0.25) is 14.9 Å². The summed E-state index contributed by atoms with van der Waals surface area (Å²) in [5.41, 5.74) is 3.22. The van der Waals surface area contributed by atoms with Crippen LogP contribution in [-0.2, 0) is 9.59 Å². The fourth-order valence-corrected chi connectivity index (χ4v) is 3.74. The van der Waals surface area contributed by atoms with Crippen LogP contribution in [0.15, 0.2) is 60.0 Å². The molecule has 0 aliphatic carbocycles. The number of aromatic nitrogens is 1. The Balaban J connectivity index is 1.49. The van der Waals surface area contributed by atoms with Crippen molar-refractivity contribution < 1.29 is 14.3 Å². The summed E-state index contributed by atoms with van der Waals surface area (Å²) in [7, 11) is 1.73. The van der Waals surface area contributed by atoms with E-state index >= 15 is 0 Å². The van der Waals surface area contributed by atoms with Gasteiger partial charge in [0.1, 0.15) is 5.75 Å². The molecular formula is C22H19N3O3S. The highest BCUT2D eigenvalue weighted by Gasteiger charge is 2.29. The number of carbonyl (C=O) groups excluding carboxylic acids is 2. The molecule has 1 aromatic heterocycles. The summed E-state index contributed by atoms with van der Waals surface area (Å²) in [5, 5.41) is 5.16. The number of benzene rings is 2. The van der Waals surface area contributed by atoms with Crippen molar-refractivity contribution in [1.82, 2.24) is 4.98 Å². The zero-order valence-corrected chi connectivity index (χ0v) is 16.8. The minimum absolute atomic E-state index is 0.0916. The van der Waals surface area contributed by atoms with E-state index in [4.69, 9.17) is 4.74 Å². The monoisotopic (exact) mass is 405 g/mol. The molecule has 0 fully saturated rings. The van der Waals surface area contributed by atoms with Crippen LogP contribution in [0.5, 0.6) is 5.75 Å². The van der Waals surface area contributed by atoms with Crippen molar-refractivity contribution >= 4 is 40.0 Å². The second kappa shape index (κ2) is 7.89. The number of ether oxygens (including phenoxy) is 1. The second-order valence-corrected chi connectivity index (χ2v) is 7.47. The maximum absolute atomic E-state index is 12.2. The third-order valence-electron chi connectivity index (χ3n) is 4.56. The van der Waals surface area contributed by atoms with Crippen molar-refractivity contribution in [3.05, 3.63) is 65.6 Å². The molecule has 0 saturated heterocycles. The van der Waals surface area contributed by atoms with E-state index in [1.807, 2.05) is 53.9 Å². The Kier molecular flexibility index (Phi) is 5.14. The molecule has 6 nitrogen and oxygen atoms in total. The van der Waals surface area contributed by atoms with Crippen molar-refractivity contribution in [3.8, 4) is 17.0 Å². The largest absolute Gasteiger partial charge is 0.479 e. The van der Waals surface area contributed by atoms with Gasteiger partial charge >= 0.3 is 0 Å². The molecule has 29 heavy (non-hydrogen) atoms. The Hall–Kier alpha value is -3.45. The standard InChI is InChI=1S/C22H19N3O3S/c1-14-21(27)25(2)18-12-16(9-10-19(18)28-14)17-13-29-22(23-17)24-20(26)11-8-15-6-4-3-5-7-15/h3-14H,1-2H3,(H,23,24,26)/b11-8+. The lowest BCUT2D eigenvalue weighted by molar-refractivity contribution is -0.125. The van der Waals surface area contributed by atoms with Crippen LogP contribution in [0.25, 0.3) is 17.3 Å². The Morgan fingerprint density at radius 2 is 2.03 bits per heavy atom. The van der Waals surface area contributed by atoms with Gasteiger partial charge in [0.25, 0.3) is 5.91 Å². The highest BCUT2D eigenvalue weighted by Crippen LogP contribution is 2.37. The molecule has 1 aliphatic rings. The van der Waals surface area contributed by atoms with E-state index in [1.165, 1.54) is 17.4 Å². The predicted octanol–water partition coefficient (Wildman–Crippen LogP) is 4.21. The molecule has 146 valence electrons. The molecule has 4 rings (SSSR count). The Morgan fingerprint density at radius 3 is 2.83 bits per heavy atom. The molecule has 2 amide bonds. The molecule has 0 spiro atoms. The Morgan fingerprint density at radius 1 is 1.24 bits per heavy atom. The van der Waals surface area contributed by atoms with Crippen molar-refractivity contribution in [2.45, 2.75) is 13.0 Å². The lowest BCUT2D eigenvalue weighted by Gasteiger charge is -2.30. The number of anilines is 2. The number of nitrogens with one attached hydrogen (secondary N) is 1. The second-order valence-electron chi connectivity index (χ2n) is 6.61. The molecular weight excluding hydrogens is 386 g/mol. The summed E-state index contributed by atoms with van der Waals surface area (Å²) < 4.78 is 5.65. The SMILES string of the molecule is CC1Oc2ccc(-c3csc(NC(=O)/C=C/c4ccccc4)n3)cc2N(C)C1=O. The number of fused-ring (bicyclic) bond motifs is 1. The summed E-state index contributed by atoms with van der Waals surface area (Å²) in [6.45, 7) is 1.73. The van der Waals surface area contributed by atoms with Crippen LogP contribution in [0.1, 0.15) is 12.5 Å². The van der Waals surface area contributed by atoms with Gasteiger partial charge in [0, 0.05) is 24.1 Å². The maximum Gasteiger partial charge on any atom is 0.267 e. The molecule has 0 radical (unpaired) electrons. The Labute approximate surface area is 172 Å². The van der Waals surface area contributed by atoms with Crippen molar-refractivity contribution in [2.24, 2.45) is 0 Å². The molecule has 1 N–H and O–H groups in total. The predicted molar refractivity (Wildman–Crippen MR) is 115 cm³/mol. The first-order valence-corrected chi connectivity index (χ1v) is 9.97. The molecule has 1 unspecified atom stereocenters. The lowest BCUT2D eigenvalue weighted by Crippen LogP contribution is -2.41. The van der Waals surface area contributed by atoms with Crippen LogP contribution in [0.3, 0.4) is 0 Å². The van der Waals surface area contributed by atoms with Crippen molar-refractivity contribution in [1.29, 1.82) is 0 Å². The molecule has 3 aromatic rings. The number of hydrogen-bond acceptors (Lipinski definition) is 5. The highest BCUT2D eigenvalue weighted by atomic mass is 32.1. The van der Waals surface area contributed by atoms with Gasteiger partial charge in [-0.2, -0.15) is 0 Å². The summed E-state index contributed by atoms with van der Waals surface area (Å²) in [4.78, 5) is 30.4. The van der Waals surface area contributed by atoms with Crippen LogP contribution in [0.2, 0.25) is 0 Å². The van der Waals surface area contributed by atoms with Crippen molar-refractivity contribution in [2.75, 3.05) is 17.3 Å². The van der Waals surface area contributed by atoms with Gasteiger partial charge in [0.05, 0.1) is 11.4 Å². The Bertz CT molecular complexity index is 1090. The normalized spacial score (nSPS) is 15.9. The topological polar surface area (TPSA) is 71.5 Å². The number of nitrogens with zero attached hydrogens (tertiary/aromatic N) is 2. The number of hydrogen-bond donors (Lipinski definition) is 1. The third-order valence-corrected chi connectivity index (χ3v) is 5.32. The molecule has 7 heteroatoms. The molecule has 1 atom stereocenters. The van der Waals surface area contributed by atoms with Crippen molar-refractivity contribution in [3.63, 3.8) is 0 Å². The number of thiazole rings is 1. The maximum atomic E-state index is 12.2. The number of amides is 2. The van der Waals surface area contributed by atoms with Gasteiger partial charge in [-0.25, -0.2) is 4.98 Å². The van der Waals surface area contributed by atoms with E-state index < -0.39 is 6.10 Å². The summed E-state index contributed by atoms with van der Waals surface area (Å²) in [5.74, 6) is 0.331. The first-order valence-electron chi connectivity index (χ1n) is 9.09. The first kappa shape index (κ1) is 18.9. The van der Waals surface area contributed by atoms with Gasteiger partial charge in [-0.05, 0) is 36.8 Å². The number of carbonyl (C=O) groups is 2. The van der Waals surface area contributed by atoms with Gasteiger partial charge < -0.3 is 9.64 Å². The minimum Gasteiger partial charge on any atom is -0.479 e. The van der Waals surface area contributed by atoms with Gasteiger partial charge in [-0.1, -0.05) is 30.3 Å². The first-order chi connectivity index (χ1) is 14.0. The quantitative estimate of drug-likeness (QED) is 0.660. The average Bonchev–Trinajstić information content (AvgIpc) is 3.19. The summed E-state index contributed by atoms with van der Waals surface area (Å²) >= 11 is 1.34. The number of likely N-dealkylation sites (N-methyl/N-ethyl adjacent to an activating group) is 1. The molecule has 2 aromatic carbocycles. The van der Waals surface area contributed by atoms with E-state index in [2.05, 4.69) is 10.3 Å². The minimum atomic E-state index is -0.497. The lowest BCUT2D eigenvalue weighted by atomic mass is 10.1. The zero-order chi connectivity index (χ0) is 20.4. The van der Waals surface area contributed by atoms with E-state index in [1.54, 1.807) is 24.9 Å². The fraction of sp³-hybridized carbons (Fsp3) is 0.136. The molecule has 1 aliphatic heterocycles. The van der Waals surface area contributed by atoms with Crippen LogP contribution in [-0.4, -0.2) is 29.9 Å². The molecule has 2 heterocycles. The van der Waals surface area contributed by atoms with Crippen LogP contribution < -0.4 is 15.0 Å². The smallest absolute Gasteiger partial charge is 0.267 e. The number of rotatable bonds is 4. The van der Waals surface area contributed by atoms with Crippen LogP contribution in [0.4, 0.5) is 10.8 Å². The fourth-order valence-electron chi connectivity index (χ4n) is 3.02. The highest BCUT2D eigenvalue weighted by molar-refractivity contribution is 7.14. The van der Waals surface area contributed by atoms with Gasteiger partial charge in [0.15, 0.2) is 11.2 Å². The summed E-state index contributed by atoms with van der Waals surface area (Å²) in [6, 6.07) is 15.2. The average molecular weight is 405 g/mol. The zero-order valence-electron chi connectivity index (χ0n) is 16.0. The van der Waals surface area contributed by atoms with Gasteiger partial charge in [0.2, 0.25) is 5.91 Å². The van der Waals surface area contributed by atoms with Crippen LogP contribution in [0, 0.1) is 0 Å².